The number of rotatable bonds is 5. The van der Waals surface area contributed by atoms with Crippen LogP contribution in [0.25, 0.3) is 0 Å². The molecule has 1 amide bonds. The van der Waals surface area contributed by atoms with Gasteiger partial charge in [0.1, 0.15) is 0 Å². The molecular formula is C13H17NO3S. The van der Waals surface area contributed by atoms with Crippen molar-refractivity contribution in [3.63, 3.8) is 0 Å². The van der Waals surface area contributed by atoms with Gasteiger partial charge >= 0.3 is 5.97 Å². The van der Waals surface area contributed by atoms with Crippen molar-refractivity contribution in [1.82, 2.24) is 5.32 Å². The number of methoxy groups -OCH3 is 1. The van der Waals surface area contributed by atoms with E-state index in [4.69, 9.17) is 0 Å². The highest BCUT2D eigenvalue weighted by Crippen LogP contribution is 2.21. The molecule has 1 aromatic carbocycles. The van der Waals surface area contributed by atoms with E-state index in [-0.39, 0.29) is 5.91 Å². The van der Waals surface area contributed by atoms with Crippen molar-refractivity contribution in [2.75, 3.05) is 12.9 Å². The number of benzene rings is 1. The lowest BCUT2D eigenvalue weighted by Gasteiger charge is -2.16. The lowest BCUT2D eigenvalue weighted by Crippen LogP contribution is -2.32. The molecule has 18 heavy (non-hydrogen) atoms. The maximum Gasteiger partial charge on any atom is 0.333 e. The Morgan fingerprint density at radius 1 is 1.33 bits per heavy atom. The minimum absolute atomic E-state index is 0.266. The number of thioether (sulfide) groups is 1. The number of esters is 1. The largest absolute Gasteiger partial charge is 0.467 e. The van der Waals surface area contributed by atoms with E-state index in [0.29, 0.717) is 0 Å². The molecule has 4 nitrogen and oxygen atoms in total. The summed E-state index contributed by atoms with van der Waals surface area (Å²) in [5.41, 5.74) is 0.720. The van der Waals surface area contributed by atoms with Crippen LogP contribution in [0.2, 0.25) is 0 Å². The molecule has 0 aliphatic heterocycles. The minimum atomic E-state index is -0.742. The second-order valence-electron chi connectivity index (χ2n) is 3.66. The van der Waals surface area contributed by atoms with Gasteiger partial charge in [-0.1, -0.05) is 19.1 Å². The molecule has 0 saturated carbocycles. The van der Waals surface area contributed by atoms with Crippen LogP contribution in [0.15, 0.2) is 29.2 Å². The highest BCUT2D eigenvalue weighted by atomic mass is 32.2. The standard InChI is InChI=1S/C13H17NO3S/c1-4-18-11-7-5-10(6-8-11)12(13(16)17-3)14-9(2)15/h5-8,12H,4H2,1-3H3,(H,14,15). The smallest absolute Gasteiger partial charge is 0.333 e. The topological polar surface area (TPSA) is 55.4 Å². The molecule has 1 aromatic rings. The van der Waals surface area contributed by atoms with E-state index < -0.39 is 12.0 Å². The Morgan fingerprint density at radius 3 is 2.39 bits per heavy atom. The average Bonchev–Trinajstić information content (AvgIpc) is 2.36. The van der Waals surface area contributed by atoms with Crippen molar-refractivity contribution >= 4 is 23.6 Å². The fourth-order valence-corrected chi connectivity index (χ4v) is 2.18. The number of amides is 1. The zero-order valence-electron chi connectivity index (χ0n) is 10.7. The molecule has 0 saturated heterocycles. The van der Waals surface area contributed by atoms with Gasteiger partial charge in [0.15, 0.2) is 6.04 Å². The molecule has 1 unspecified atom stereocenters. The summed E-state index contributed by atoms with van der Waals surface area (Å²) in [6.07, 6.45) is 0. The average molecular weight is 267 g/mol. The van der Waals surface area contributed by atoms with Crippen molar-refractivity contribution in [3.05, 3.63) is 29.8 Å². The van der Waals surface area contributed by atoms with Crippen LogP contribution in [0.5, 0.6) is 0 Å². The summed E-state index contributed by atoms with van der Waals surface area (Å²) in [6, 6.07) is 6.78. The lowest BCUT2D eigenvalue weighted by molar-refractivity contribution is -0.145. The Kier molecular flexibility index (Phi) is 5.71. The van der Waals surface area contributed by atoms with Crippen LogP contribution in [0.3, 0.4) is 0 Å². The summed E-state index contributed by atoms with van der Waals surface area (Å²) in [4.78, 5) is 23.8. The van der Waals surface area contributed by atoms with Crippen molar-refractivity contribution < 1.29 is 14.3 Å². The third-order valence-electron chi connectivity index (χ3n) is 2.31. The molecule has 0 aromatic heterocycles. The van der Waals surface area contributed by atoms with Gasteiger partial charge in [-0.2, -0.15) is 0 Å². The zero-order valence-corrected chi connectivity index (χ0v) is 11.5. The number of ether oxygens (including phenoxy) is 1. The van der Waals surface area contributed by atoms with Crippen LogP contribution in [0.4, 0.5) is 0 Å². The predicted molar refractivity (Wildman–Crippen MR) is 71.4 cm³/mol. The molecule has 1 N–H and O–H groups in total. The van der Waals surface area contributed by atoms with E-state index in [1.165, 1.54) is 14.0 Å². The molecule has 1 rings (SSSR count). The highest BCUT2D eigenvalue weighted by Gasteiger charge is 2.21. The second kappa shape index (κ2) is 7.06. The monoisotopic (exact) mass is 267 g/mol. The van der Waals surface area contributed by atoms with Gasteiger partial charge in [0.2, 0.25) is 5.91 Å². The second-order valence-corrected chi connectivity index (χ2v) is 5.00. The molecule has 98 valence electrons. The summed E-state index contributed by atoms with van der Waals surface area (Å²) in [5.74, 6) is 0.254. The van der Waals surface area contributed by atoms with E-state index in [0.717, 1.165) is 16.2 Å². The molecule has 5 heteroatoms. The summed E-state index contributed by atoms with van der Waals surface area (Å²) >= 11 is 1.72. The fourth-order valence-electron chi connectivity index (χ4n) is 1.52. The van der Waals surface area contributed by atoms with E-state index in [9.17, 15) is 9.59 Å². The van der Waals surface area contributed by atoms with Crippen molar-refractivity contribution in [1.29, 1.82) is 0 Å². The SMILES string of the molecule is CCSc1ccc(C(NC(C)=O)C(=O)OC)cc1. The van der Waals surface area contributed by atoms with Crippen LogP contribution in [-0.4, -0.2) is 24.7 Å². The van der Waals surface area contributed by atoms with Gasteiger partial charge in [0.05, 0.1) is 7.11 Å². The van der Waals surface area contributed by atoms with E-state index >= 15 is 0 Å². The third-order valence-corrected chi connectivity index (χ3v) is 3.20. The summed E-state index contributed by atoms with van der Waals surface area (Å²) in [5, 5.41) is 2.58. The van der Waals surface area contributed by atoms with Gasteiger partial charge in [0, 0.05) is 11.8 Å². The molecule has 0 heterocycles. The lowest BCUT2D eigenvalue weighted by atomic mass is 10.1. The van der Waals surface area contributed by atoms with Crippen LogP contribution in [0.1, 0.15) is 25.5 Å². The Bertz CT molecular complexity index is 417. The van der Waals surface area contributed by atoms with Crippen LogP contribution in [0, 0.1) is 0 Å². The van der Waals surface area contributed by atoms with E-state index in [1.54, 1.807) is 11.8 Å². The van der Waals surface area contributed by atoms with Crippen molar-refractivity contribution in [2.45, 2.75) is 24.8 Å². The molecule has 0 fully saturated rings. The molecule has 0 aliphatic carbocycles. The Balaban J connectivity index is 2.90. The molecular weight excluding hydrogens is 250 g/mol. The summed E-state index contributed by atoms with van der Waals surface area (Å²) in [7, 11) is 1.30. The van der Waals surface area contributed by atoms with Gasteiger partial charge < -0.3 is 10.1 Å². The minimum Gasteiger partial charge on any atom is -0.467 e. The molecule has 1 atom stereocenters. The predicted octanol–water partition coefficient (Wildman–Crippen LogP) is 2.15. The summed E-state index contributed by atoms with van der Waals surface area (Å²) < 4.78 is 4.69. The molecule has 0 aliphatic rings. The third kappa shape index (κ3) is 4.07. The van der Waals surface area contributed by atoms with Crippen LogP contribution >= 0.6 is 11.8 Å². The maximum absolute atomic E-state index is 11.6. The first-order valence-corrected chi connectivity index (χ1v) is 6.64. The Hall–Kier alpha value is -1.49. The fraction of sp³-hybridized carbons (Fsp3) is 0.385. The van der Waals surface area contributed by atoms with Gasteiger partial charge in [-0.15, -0.1) is 11.8 Å². The van der Waals surface area contributed by atoms with E-state index in [2.05, 4.69) is 17.0 Å². The molecule has 0 spiro atoms. The van der Waals surface area contributed by atoms with Gasteiger partial charge in [-0.05, 0) is 23.4 Å². The molecule has 0 radical (unpaired) electrons. The summed E-state index contributed by atoms with van der Waals surface area (Å²) in [6.45, 7) is 3.45. The Morgan fingerprint density at radius 2 is 1.94 bits per heavy atom. The van der Waals surface area contributed by atoms with Gasteiger partial charge in [-0.25, -0.2) is 4.79 Å². The number of carbonyl (C=O) groups is 2. The zero-order chi connectivity index (χ0) is 13.5. The van der Waals surface area contributed by atoms with Crippen molar-refractivity contribution in [3.8, 4) is 0 Å². The number of carbonyl (C=O) groups excluding carboxylic acids is 2. The van der Waals surface area contributed by atoms with Crippen molar-refractivity contribution in [2.24, 2.45) is 0 Å². The Labute approximate surface area is 111 Å². The first kappa shape index (κ1) is 14.6. The normalized spacial score (nSPS) is 11.7. The highest BCUT2D eigenvalue weighted by molar-refractivity contribution is 7.99. The number of hydrogen-bond acceptors (Lipinski definition) is 4. The van der Waals surface area contributed by atoms with Gasteiger partial charge in [0.25, 0.3) is 0 Å². The van der Waals surface area contributed by atoms with Crippen LogP contribution < -0.4 is 5.32 Å². The first-order chi connectivity index (χ1) is 8.58. The van der Waals surface area contributed by atoms with E-state index in [1.807, 2.05) is 24.3 Å². The quantitative estimate of drug-likeness (QED) is 0.656. The van der Waals surface area contributed by atoms with Gasteiger partial charge in [-0.3, -0.25) is 4.79 Å². The molecule has 0 bridgehead atoms. The first-order valence-electron chi connectivity index (χ1n) is 5.66. The van der Waals surface area contributed by atoms with Crippen LogP contribution in [-0.2, 0) is 14.3 Å². The number of hydrogen-bond donors (Lipinski definition) is 1. The maximum atomic E-state index is 11.6. The number of nitrogens with one attached hydrogen (secondary N) is 1.